The number of thiazole rings is 1. The largest absolute Gasteiger partial charge is 0.268 e. The van der Waals surface area contributed by atoms with Crippen molar-refractivity contribution in [2.75, 3.05) is 0 Å². The van der Waals surface area contributed by atoms with Gasteiger partial charge in [0, 0.05) is 11.1 Å². The van der Waals surface area contributed by atoms with Gasteiger partial charge in [0.1, 0.15) is 0 Å². The summed E-state index contributed by atoms with van der Waals surface area (Å²) in [5.74, 6) is 0.681. The minimum absolute atomic E-state index is 0.0359. The molecule has 0 bridgehead atoms. The third-order valence-electron chi connectivity index (χ3n) is 4.58. The molecule has 27 heavy (non-hydrogen) atoms. The molecule has 2 aromatic heterocycles. The van der Waals surface area contributed by atoms with E-state index in [9.17, 15) is 4.79 Å². The van der Waals surface area contributed by atoms with Crippen molar-refractivity contribution in [1.29, 1.82) is 0 Å². The van der Waals surface area contributed by atoms with Crippen LogP contribution in [0.15, 0.2) is 57.8 Å². The third kappa shape index (κ3) is 3.42. The number of hydrogen-bond acceptors (Lipinski definition) is 5. The van der Waals surface area contributed by atoms with E-state index >= 15 is 0 Å². The highest BCUT2D eigenvalue weighted by atomic mass is 32.2. The lowest BCUT2D eigenvalue weighted by atomic mass is 10.1. The van der Waals surface area contributed by atoms with Gasteiger partial charge < -0.3 is 0 Å². The number of hydrogen-bond donors (Lipinski definition) is 0. The monoisotopic (exact) mass is 393 g/mol. The number of rotatable bonds is 4. The molecule has 4 aromatic rings. The maximum absolute atomic E-state index is 13.3. The fraction of sp³-hybridized carbons (Fsp3) is 0.190. The predicted octanol–water partition coefficient (Wildman–Crippen LogP) is 5.06. The minimum atomic E-state index is -0.0359. The number of aromatic nitrogens is 3. The van der Waals surface area contributed by atoms with Gasteiger partial charge in [0.05, 0.1) is 27.3 Å². The van der Waals surface area contributed by atoms with E-state index in [2.05, 4.69) is 23.4 Å². The Balaban J connectivity index is 1.90. The maximum atomic E-state index is 13.3. The van der Waals surface area contributed by atoms with E-state index in [0.717, 1.165) is 33.0 Å². The molecule has 0 saturated carbocycles. The van der Waals surface area contributed by atoms with Crippen molar-refractivity contribution in [3.05, 3.63) is 80.0 Å². The summed E-state index contributed by atoms with van der Waals surface area (Å²) >= 11 is 3.18. The molecule has 4 nitrogen and oxygen atoms in total. The van der Waals surface area contributed by atoms with E-state index in [-0.39, 0.29) is 5.56 Å². The standard InChI is InChI=1S/C21H19N3OS2/c1-13-7-6-10-19(14(13)2)24-20(25)17-8-4-5-9-18(17)23-21(24)27-12-16-11-26-15(3)22-16/h4-11H,12H2,1-3H3. The zero-order valence-electron chi connectivity index (χ0n) is 15.4. The Hall–Kier alpha value is -2.44. The zero-order chi connectivity index (χ0) is 19.0. The second kappa shape index (κ2) is 7.29. The van der Waals surface area contributed by atoms with Crippen molar-refractivity contribution in [2.45, 2.75) is 31.7 Å². The lowest BCUT2D eigenvalue weighted by Crippen LogP contribution is -2.22. The lowest BCUT2D eigenvalue weighted by Gasteiger charge is -2.16. The molecule has 0 saturated heterocycles. The summed E-state index contributed by atoms with van der Waals surface area (Å²) in [5, 5.41) is 4.43. The number of fused-ring (bicyclic) bond motifs is 1. The van der Waals surface area contributed by atoms with Crippen LogP contribution in [-0.2, 0) is 5.75 Å². The van der Waals surface area contributed by atoms with Crippen molar-refractivity contribution in [2.24, 2.45) is 0 Å². The van der Waals surface area contributed by atoms with Crippen LogP contribution in [0.1, 0.15) is 21.8 Å². The van der Waals surface area contributed by atoms with E-state index in [1.165, 1.54) is 0 Å². The summed E-state index contributed by atoms with van der Waals surface area (Å²) in [6.45, 7) is 6.10. The fourth-order valence-electron chi connectivity index (χ4n) is 3.01. The number of nitrogens with zero attached hydrogens (tertiary/aromatic N) is 3. The molecule has 0 unspecified atom stereocenters. The first kappa shape index (κ1) is 17.9. The van der Waals surface area contributed by atoms with Crippen LogP contribution in [0.3, 0.4) is 0 Å². The van der Waals surface area contributed by atoms with Crippen LogP contribution < -0.4 is 5.56 Å². The number of para-hydroxylation sites is 1. The van der Waals surface area contributed by atoms with Crippen molar-refractivity contribution in [3.63, 3.8) is 0 Å². The molecule has 0 spiro atoms. The molecular weight excluding hydrogens is 374 g/mol. The van der Waals surface area contributed by atoms with Crippen molar-refractivity contribution in [3.8, 4) is 5.69 Å². The van der Waals surface area contributed by atoms with Crippen LogP contribution in [-0.4, -0.2) is 14.5 Å². The Kier molecular flexibility index (Phi) is 4.85. The van der Waals surface area contributed by atoms with E-state index in [1.807, 2.05) is 50.2 Å². The molecule has 0 amide bonds. The van der Waals surface area contributed by atoms with E-state index < -0.39 is 0 Å². The van der Waals surface area contributed by atoms with Gasteiger partial charge in [-0.25, -0.2) is 9.97 Å². The van der Waals surface area contributed by atoms with Crippen LogP contribution in [0.2, 0.25) is 0 Å². The van der Waals surface area contributed by atoms with Gasteiger partial charge in [-0.15, -0.1) is 11.3 Å². The van der Waals surface area contributed by atoms with E-state index in [1.54, 1.807) is 27.7 Å². The molecule has 2 aromatic carbocycles. The quantitative estimate of drug-likeness (QED) is 0.359. The Morgan fingerprint density at radius 3 is 2.63 bits per heavy atom. The van der Waals surface area contributed by atoms with Crippen LogP contribution >= 0.6 is 23.1 Å². The molecule has 2 heterocycles. The number of thioether (sulfide) groups is 1. The maximum Gasteiger partial charge on any atom is 0.266 e. The first-order valence-electron chi connectivity index (χ1n) is 8.67. The Morgan fingerprint density at radius 1 is 1.04 bits per heavy atom. The van der Waals surface area contributed by atoms with Gasteiger partial charge in [0.25, 0.3) is 5.56 Å². The average Bonchev–Trinajstić information content (AvgIpc) is 3.08. The molecular formula is C21H19N3OS2. The molecule has 0 atom stereocenters. The summed E-state index contributed by atoms with van der Waals surface area (Å²) in [6, 6.07) is 13.5. The average molecular weight is 394 g/mol. The molecule has 0 aliphatic rings. The lowest BCUT2D eigenvalue weighted by molar-refractivity contribution is 0.812. The first-order chi connectivity index (χ1) is 13.0. The molecule has 136 valence electrons. The molecule has 0 fully saturated rings. The smallest absolute Gasteiger partial charge is 0.266 e. The van der Waals surface area contributed by atoms with Crippen LogP contribution in [0.25, 0.3) is 16.6 Å². The second-order valence-corrected chi connectivity index (χ2v) is 8.42. The molecule has 0 aliphatic carbocycles. The van der Waals surface area contributed by atoms with Gasteiger partial charge in [0.15, 0.2) is 5.16 Å². The normalized spacial score (nSPS) is 11.2. The fourth-order valence-corrected chi connectivity index (χ4v) is 4.63. The van der Waals surface area contributed by atoms with Crippen molar-refractivity contribution < 1.29 is 0 Å². The van der Waals surface area contributed by atoms with Gasteiger partial charge in [-0.05, 0) is 50.1 Å². The summed E-state index contributed by atoms with van der Waals surface area (Å²) < 4.78 is 1.74. The van der Waals surface area contributed by atoms with Crippen LogP contribution in [0, 0.1) is 20.8 Å². The number of aryl methyl sites for hydroxylation is 2. The van der Waals surface area contributed by atoms with E-state index in [0.29, 0.717) is 16.3 Å². The summed E-state index contributed by atoms with van der Waals surface area (Å²) in [5.41, 5.74) is 4.82. The predicted molar refractivity (Wildman–Crippen MR) is 113 cm³/mol. The Bertz CT molecular complexity index is 1190. The van der Waals surface area contributed by atoms with Crippen molar-refractivity contribution in [1.82, 2.24) is 14.5 Å². The molecule has 0 N–H and O–H groups in total. The number of benzene rings is 2. The first-order valence-corrected chi connectivity index (χ1v) is 10.5. The highest BCUT2D eigenvalue weighted by Gasteiger charge is 2.16. The summed E-state index contributed by atoms with van der Waals surface area (Å²) in [4.78, 5) is 22.7. The van der Waals surface area contributed by atoms with Crippen molar-refractivity contribution >= 4 is 34.0 Å². The highest BCUT2D eigenvalue weighted by molar-refractivity contribution is 7.98. The Labute approximate surface area is 165 Å². The Morgan fingerprint density at radius 2 is 1.85 bits per heavy atom. The van der Waals surface area contributed by atoms with Crippen LogP contribution in [0.4, 0.5) is 0 Å². The van der Waals surface area contributed by atoms with E-state index in [4.69, 9.17) is 4.98 Å². The SMILES string of the molecule is Cc1nc(CSc2nc3ccccc3c(=O)n2-c2cccc(C)c2C)cs1. The molecule has 4 rings (SSSR count). The molecule has 0 radical (unpaired) electrons. The van der Waals surface area contributed by atoms with Gasteiger partial charge in [0.2, 0.25) is 0 Å². The van der Waals surface area contributed by atoms with Crippen LogP contribution in [0.5, 0.6) is 0 Å². The summed E-state index contributed by atoms with van der Waals surface area (Å²) in [6.07, 6.45) is 0. The van der Waals surface area contributed by atoms with Gasteiger partial charge >= 0.3 is 0 Å². The molecule has 0 aliphatic heterocycles. The molecule has 6 heteroatoms. The minimum Gasteiger partial charge on any atom is -0.268 e. The van der Waals surface area contributed by atoms with Gasteiger partial charge in [-0.1, -0.05) is 36.0 Å². The third-order valence-corrected chi connectivity index (χ3v) is 6.37. The topological polar surface area (TPSA) is 47.8 Å². The summed E-state index contributed by atoms with van der Waals surface area (Å²) in [7, 11) is 0. The zero-order valence-corrected chi connectivity index (χ0v) is 17.0. The van der Waals surface area contributed by atoms with Gasteiger partial charge in [-0.3, -0.25) is 9.36 Å². The second-order valence-electron chi connectivity index (χ2n) is 6.42. The van der Waals surface area contributed by atoms with Gasteiger partial charge in [-0.2, -0.15) is 0 Å². The highest BCUT2D eigenvalue weighted by Crippen LogP contribution is 2.27.